The maximum atomic E-state index is 5.91. The Morgan fingerprint density at radius 3 is 2.82 bits per heavy atom. The van der Waals surface area contributed by atoms with Crippen molar-refractivity contribution in [2.24, 2.45) is 0 Å². The van der Waals surface area contributed by atoms with Gasteiger partial charge in [0.2, 0.25) is 5.88 Å². The Kier molecular flexibility index (Phi) is 3.54. The number of aryl methyl sites for hydroxylation is 1. The Hall–Kier alpha value is -1.26. The van der Waals surface area contributed by atoms with Gasteiger partial charge in [-0.2, -0.15) is 0 Å². The Balaban J connectivity index is 2.34. The molecule has 0 aliphatic rings. The molecule has 2 N–H and O–H groups in total. The van der Waals surface area contributed by atoms with Gasteiger partial charge in [-0.05, 0) is 46.6 Å². The van der Waals surface area contributed by atoms with E-state index < -0.39 is 0 Å². The van der Waals surface area contributed by atoms with E-state index in [1.165, 1.54) is 0 Å². The van der Waals surface area contributed by atoms with Gasteiger partial charge in [0.1, 0.15) is 5.75 Å². The number of aromatic nitrogens is 1. The first-order valence-corrected chi connectivity index (χ1v) is 6.08. The lowest BCUT2D eigenvalue weighted by atomic mass is 10.2. The fourth-order valence-electron chi connectivity index (χ4n) is 1.32. The zero-order valence-electron chi connectivity index (χ0n) is 9.08. The van der Waals surface area contributed by atoms with Crippen LogP contribution in [0.15, 0.2) is 34.9 Å². The SMILES string of the molecule is Cc1ccc(Cl)cc1Oc1ncc(Br)cc1N. The van der Waals surface area contributed by atoms with Crippen LogP contribution in [-0.2, 0) is 0 Å². The monoisotopic (exact) mass is 312 g/mol. The largest absolute Gasteiger partial charge is 0.437 e. The molecule has 3 nitrogen and oxygen atoms in total. The van der Waals surface area contributed by atoms with Gasteiger partial charge in [0, 0.05) is 15.7 Å². The molecule has 1 aromatic heterocycles. The first kappa shape index (κ1) is 12.2. The Bertz CT molecular complexity index is 560. The molecular weight excluding hydrogens is 304 g/mol. The van der Waals surface area contributed by atoms with E-state index in [0.717, 1.165) is 10.0 Å². The van der Waals surface area contributed by atoms with Crippen LogP contribution in [0.1, 0.15) is 5.56 Å². The van der Waals surface area contributed by atoms with Gasteiger partial charge in [0.05, 0.1) is 5.69 Å². The number of ether oxygens (including phenoxy) is 1. The summed E-state index contributed by atoms with van der Waals surface area (Å²) in [4.78, 5) is 4.11. The highest BCUT2D eigenvalue weighted by atomic mass is 79.9. The van der Waals surface area contributed by atoms with E-state index in [1.54, 1.807) is 18.3 Å². The first-order valence-electron chi connectivity index (χ1n) is 4.91. The molecule has 88 valence electrons. The van der Waals surface area contributed by atoms with E-state index in [2.05, 4.69) is 20.9 Å². The van der Waals surface area contributed by atoms with Gasteiger partial charge in [0.15, 0.2) is 0 Å². The van der Waals surface area contributed by atoms with Gasteiger partial charge >= 0.3 is 0 Å². The van der Waals surface area contributed by atoms with Crippen LogP contribution in [0.3, 0.4) is 0 Å². The molecule has 17 heavy (non-hydrogen) atoms. The van der Waals surface area contributed by atoms with Gasteiger partial charge < -0.3 is 10.5 Å². The van der Waals surface area contributed by atoms with Crippen molar-refractivity contribution < 1.29 is 4.74 Å². The minimum atomic E-state index is 0.374. The third-order valence-electron chi connectivity index (χ3n) is 2.20. The molecule has 1 aromatic carbocycles. The Labute approximate surface area is 113 Å². The number of nitrogens with two attached hydrogens (primary N) is 1. The molecule has 0 aliphatic carbocycles. The number of benzene rings is 1. The second kappa shape index (κ2) is 4.94. The zero-order valence-corrected chi connectivity index (χ0v) is 11.4. The van der Waals surface area contributed by atoms with Crippen molar-refractivity contribution >= 4 is 33.2 Å². The molecule has 0 saturated heterocycles. The maximum absolute atomic E-state index is 5.91. The molecule has 0 atom stereocenters. The number of nitrogens with zero attached hydrogens (tertiary/aromatic N) is 1. The zero-order chi connectivity index (χ0) is 12.4. The quantitative estimate of drug-likeness (QED) is 0.904. The van der Waals surface area contributed by atoms with Gasteiger partial charge in [0.25, 0.3) is 0 Å². The van der Waals surface area contributed by atoms with E-state index >= 15 is 0 Å². The van der Waals surface area contributed by atoms with E-state index in [0.29, 0.717) is 22.3 Å². The lowest BCUT2D eigenvalue weighted by molar-refractivity contribution is 0.462. The Morgan fingerprint density at radius 2 is 2.12 bits per heavy atom. The maximum Gasteiger partial charge on any atom is 0.242 e. The second-order valence-corrected chi connectivity index (χ2v) is 4.91. The summed E-state index contributed by atoms with van der Waals surface area (Å²) in [5.74, 6) is 1.03. The highest BCUT2D eigenvalue weighted by Gasteiger charge is 2.07. The van der Waals surface area contributed by atoms with Crippen LogP contribution < -0.4 is 10.5 Å². The van der Waals surface area contributed by atoms with E-state index in [1.807, 2.05) is 19.1 Å². The number of anilines is 1. The molecule has 0 spiro atoms. The van der Waals surface area contributed by atoms with Gasteiger partial charge in [-0.1, -0.05) is 17.7 Å². The number of nitrogen functional groups attached to an aromatic ring is 1. The summed E-state index contributed by atoms with van der Waals surface area (Å²) >= 11 is 9.20. The standard InChI is InChI=1S/C12H10BrClN2O/c1-7-2-3-9(14)5-11(7)17-12-10(15)4-8(13)6-16-12/h2-6H,15H2,1H3. The Morgan fingerprint density at radius 1 is 1.35 bits per heavy atom. The van der Waals surface area contributed by atoms with Crippen LogP contribution in [-0.4, -0.2) is 4.98 Å². The molecule has 0 saturated carbocycles. The fourth-order valence-corrected chi connectivity index (χ4v) is 1.83. The summed E-state index contributed by atoms with van der Waals surface area (Å²) in [6.45, 7) is 1.93. The predicted octanol–water partition coefficient (Wildman–Crippen LogP) is 4.18. The fraction of sp³-hybridized carbons (Fsp3) is 0.0833. The molecule has 0 radical (unpaired) electrons. The lowest BCUT2D eigenvalue weighted by Gasteiger charge is -2.10. The van der Waals surface area contributed by atoms with Crippen molar-refractivity contribution in [2.45, 2.75) is 6.92 Å². The lowest BCUT2D eigenvalue weighted by Crippen LogP contribution is -1.96. The molecule has 0 aliphatic heterocycles. The van der Waals surface area contributed by atoms with Crippen molar-refractivity contribution in [3.8, 4) is 11.6 Å². The van der Waals surface area contributed by atoms with Crippen molar-refractivity contribution in [1.82, 2.24) is 4.98 Å². The first-order chi connectivity index (χ1) is 8.06. The summed E-state index contributed by atoms with van der Waals surface area (Å²) in [7, 11) is 0. The van der Waals surface area contributed by atoms with Crippen LogP contribution in [0.5, 0.6) is 11.6 Å². The van der Waals surface area contributed by atoms with Gasteiger partial charge in [-0.3, -0.25) is 0 Å². The summed E-state index contributed by atoms with van der Waals surface area (Å²) in [6.07, 6.45) is 1.63. The smallest absolute Gasteiger partial charge is 0.242 e. The third-order valence-corrected chi connectivity index (χ3v) is 2.87. The number of rotatable bonds is 2. The van der Waals surface area contributed by atoms with Crippen LogP contribution in [0.4, 0.5) is 5.69 Å². The molecular formula is C12H10BrClN2O. The summed E-state index contributed by atoms with van der Waals surface area (Å²) < 4.78 is 6.44. The molecule has 0 amide bonds. The van der Waals surface area contributed by atoms with E-state index in [4.69, 9.17) is 22.1 Å². The second-order valence-electron chi connectivity index (χ2n) is 3.56. The summed E-state index contributed by atoms with van der Waals surface area (Å²) in [6, 6.07) is 7.16. The number of pyridine rings is 1. The highest BCUT2D eigenvalue weighted by Crippen LogP contribution is 2.30. The van der Waals surface area contributed by atoms with Crippen molar-refractivity contribution in [2.75, 3.05) is 5.73 Å². The van der Waals surface area contributed by atoms with E-state index in [-0.39, 0.29) is 0 Å². The molecule has 1 heterocycles. The normalized spacial score (nSPS) is 10.3. The average Bonchev–Trinajstić information content (AvgIpc) is 2.27. The van der Waals surface area contributed by atoms with Crippen LogP contribution >= 0.6 is 27.5 Å². The summed E-state index contributed by atoms with van der Waals surface area (Å²) in [5, 5.41) is 0.612. The summed E-state index contributed by atoms with van der Waals surface area (Å²) in [5.41, 5.74) is 7.25. The minimum absolute atomic E-state index is 0.374. The molecule has 5 heteroatoms. The predicted molar refractivity (Wildman–Crippen MR) is 72.6 cm³/mol. The molecule has 0 fully saturated rings. The highest BCUT2D eigenvalue weighted by molar-refractivity contribution is 9.10. The van der Waals surface area contributed by atoms with Crippen LogP contribution in [0.2, 0.25) is 5.02 Å². The minimum Gasteiger partial charge on any atom is -0.437 e. The van der Waals surface area contributed by atoms with Crippen molar-refractivity contribution in [3.63, 3.8) is 0 Å². The number of halogens is 2. The van der Waals surface area contributed by atoms with Gasteiger partial charge in [-0.25, -0.2) is 4.98 Å². The molecule has 2 rings (SSSR count). The van der Waals surface area contributed by atoms with E-state index in [9.17, 15) is 0 Å². The molecule has 0 unspecified atom stereocenters. The average molecular weight is 314 g/mol. The van der Waals surface area contributed by atoms with Crippen molar-refractivity contribution in [1.29, 1.82) is 0 Å². The molecule has 2 aromatic rings. The van der Waals surface area contributed by atoms with Crippen LogP contribution in [0.25, 0.3) is 0 Å². The topological polar surface area (TPSA) is 48.1 Å². The van der Waals surface area contributed by atoms with Crippen LogP contribution in [0, 0.1) is 6.92 Å². The van der Waals surface area contributed by atoms with Crippen molar-refractivity contribution in [3.05, 3.63) is 45.5 Å². The number of hydrogen-bond donors (Lipinski definition) is 1. The third kappa shape index (κ3) is 2.90. The molecule has 0 bridgehead atoms. The number of hydrogen-bond acceptors (Lipinski definition) is 3. The van der Waals surface area contributed by atoms with Gasteiger partial charge in [-0.15, -0.1) is 0 Å².